The topological polar surface area (TPSA) is 24.1 Å². The fraction of sp³-hybridized carbons (Fsp3) is 1.00. The van der Waals surface area contributed by atoms with E-state index in [1.165, 1.54) is 77.3 Å². The second-order valence-electron chi connectivity index (χ2n) is 6.53. The molecule has 2 heteroatoms. The first-order valence-corrected chi connectivity index (χ1v) is 8.31. The Morgan fingerprint density at radius 3 is 2.61 bits per heavy atom. The molecule has 1 heterocycles. The minimum Gasteiger partial charge on any atom is -0.314 e. The molecule has 0 amide bonds. The van der Waals surface area contributed by atoms with Gasteiger partial charge in [-0.2, -0.15) is 0 Å². The molecule has 0 bridgehead atoms. The van der Waals surface area contributed by atoms with Crippen molar-refractivity contribution in [2.75, 3.05) is 13.1 Å². The monoisotopic (exact) mass is 252 g/mol. The van der Waals surface area contributed by atoms with Crippen LogP contribution in [0.3, 0.4) is 0 Å². The average Bonchev–Trinajstić information content (AvgIpc) is 2.89. The highest BCUT2D eigenvalue weighted by atomic mass is 15.0. The summed E-state index contributed by atoms with van der Waals surface area (Å²) >= 11 is 0. The second-order valence-corrected chi connectivity index (χ2v) is 6.53. The van der Waals surface area contributed by atoms with Gasteiger partial charge in [0, 0.05) is 12.1 Å². The van der Waals surface area contributed by atoms with E-state index in [0.717, 1.165) is 12.0 Å². The molecule has 106 valence electrons. The molecule has 0 aromatic carbocycles. The zero-order valence-electron chi connectivity index (χ0n) is 12.2. The molecular weight excluding hydrogens is 220 g/mol. The first kappa shape index (κ1) is 14.3. The van der Waals surface area contributed by atoms with Gasteiger partial charge < -0.3 is 10.6 Å². The van der Waals surface area contributed by atoms with Crippen LogP contribution < -0.4 is 10.6 Å². The molecule has 1 aliphatic heterocycles. The van der Waals surface area contributed by atoms with Crippen LogP contribution in [0.2, 0.25) is 0 Å². The number of nitrogens with one attached hydrogen (secondary N) is 2. The highest BCUT2D eigenvalue weighted by Crippen LogP contribution is 2.28. The summed E-state index contributed by atoms with van der Waals surface area (Å²) in [6.07, 6.45) is 14.3. The number of piperidine rings is 1. The van der Waals surface area contributed by atoms with Crippen molar-refractivity contribution in [3.8, 4) is 0 Å². The van der Waals surface area contributed by atoms with Crippen molar-refractivity contribution in [2.24, 2.45) is 5.92 Å². The summed E-state index contributed by atoms with van der Waals surface area (Å²) in [7, 11) is 0. The van der Waals surface area contributed by atoms with Crippen LogP contribution in [0, 0.1) is 5.92 Å². The molecule has 0 aromatic rings. The van der Waals surface area contributed by atoms with Gasteiger partial charge >= 0.3 is 0 Å². The Morgan fingerprint density at radius 1 is 1.11 bits per heavy atom. The van der Waals surface area contributed by atoms with Gasteiger partial charge in [0.1, 0.15) is 0 Å². The van der Waals surface area contributed by atoms with Crippen molar-refractivity contribution >= 4 is 0 Å². The van der Waals surface area contributed by atoms with E-state index in [1.54, 1.807) is 0 Å². The summed E-state index contributed by atoms with van der Waals surface area (Å²) in [4.78, 5) is 0. The molecule has 1 aliphatic carbocycles. The van der Waals surface area contributed by atoms with E-state index in [4.69, 9.17) is 0 Å². The van der Waals surface area contributed by atoms with Crippen LogP contribution in [0.25, 0.3) is 0 Å². The third-order valence-corrected chi connectivity index (χ3v) is 4.81. The zero-order chi connectivity index (χ0) is 12.6. The fourth-order valence-electron chi connectivity index (χ4n) is 3.67. The molecule has 0 radical (unpaired) electrons. The Bertz CT molecular complexity index is 205. The van der Waals surface area contributed by atoms with Gasteiger partial charge in [-0.3, -0.25) is 0 Å². The maximum Gasteiger partial charge on any atom is 0.00817 e. The Balaban J connectivity index is 1.47. The third-order valence-electron chi connectivity index (χ3n) is 4.81. The molecule has 2 atom stereocenters. The highest BCUT2D eigenvalue weighted by molar-refractivity contribution is 4.77. The predicted octanol–water partition coefficient (Wildman–Crippen LogP) is 3.47. The second kappa shape index (κ2) is 8.16. The summed E-state index contributed by atoms with van der Waals surface area (Å²) in [6, 6.07) is 1.46. The van der Waals surface area contributed by atoms with E-state index in [0.29, 0.717) is 6.04 Å². The summed E-state index contributed by atoms with van der Waals surface area (Å²) in [5.74, 6) is 1.06. The molecule has 18 heavy (non-hydrogen) atoms. The van der Waals surface area contributed by atoms with Gasteiger partial charge in [0.2, 0.25) is 0 Å². The van der Waals surface area contributed by atoms with Gasteiger partial charge in [-0.05, 0) is 58.0 Å². The molecule has 2 unspecified atom stereocenters. The standard InChI is InChI=1S/C16H32N2/c1-14(13-16-10-4-5-11-18-16)17-12-6-9-15-7-2-3-8-15/h14-18H,2-13H2,1H3. The summed E-state index contributed by atoms with van der Waals surface area (Å²) in [6.45, 7) is 4.81. The molecule has 2 aliphatic rings. The molecular formula is C16H32N2. The largest absolute Gasteiger partial charge is 0.314 e. The Hall–Kier alpha value is -0.0800. The van der Waals surface area contributed by atoms with Crippen LogP contribution >= 0.6 is 0 Å². The van der Waals surface area contributed by atoms with E-state index >= 15 is 0 Å². The van der Waals surface area contributed by atoms with Crippen molar-refractivity contribution in [1.82, 2.24) is 10.6 Å². The molecule has 2 nitrogen and oxygen atoms in total. The average molecular weight is 252 g/mol. The van der Waals surface area contributed by atoms with Gasteiger partial charge in [-0.1, -0.05) is 32.1 Å². The van der Waals surface area contributed by atoms with Gasteiger partial charge in [0.05, 0.1) is 0 Å². The molecule has 1 saturated heterocycles. The van der Waals surface area contributed by atoms with Crippen molar-refractivity contribution < 1.29 is 0 Å². The van der Waals surface area contributed by atoms with Gasteiger partial charge in [0.15, 0.2) is 0 Å². The van der Waals surface area contributed by atoms with Crippen LogP contribution in [0.15, 0.2) is 0 Å². The quantitative estimate of drug-likeness (QED) is 0.678. The molecule has 1 saturated carbocycles. The smallest absolute Gasteiger partial charge is 0.00817 e. The minimum absolute atomic E-state index is 0.684. The minimum atomic E-state index is 0.684. The van der Waals surface area contributed by atoms with Crippen molar-refractivity contribution in [1.29, 1.82) is 0 Å². The first-order valence-electron chi connectivity index (χ1n) is 8.31. The van der Waals surface area contributed by atoms with Crippen molar-refractivity contribution in [3.05, 3.63) is 0 Å². The van der Waals surface area contributed by atoms with Gasteiger partial charge in [-0.15, -0.1) is 0 Å². The van der Waals surface area contributed by atoms with Crippen molar-refractivity contribution in [2.45, 2.75) is 83.2 Å². The number of hydrogen-bond donors (Lipinski definition) is 2. The normalized spacial score (nSPS) is 27.5. The maximum absolute atomic E-state index is 3.71. The SMILES string of the molecule is CC(CC1CCCCN1)NCCCC1CCCC1. The first-order chi connectivity index (χ1) is 8.84. The molecule has 2 N–H and O–H groups in total. The number of hydrogen-bond acceptors (Lipinski definition) is 2. The van der Waals surface area contributed by atoms with Crippen molar-refractivity contribution in [3.63, 3.8) is 0 Å². The van der Waals surface area contributed by atoms with E-state index in [9.17, 15) is 0 Å². The van der Waals surface area contributed by atoms with E-state index < -0.39 is 0 Å². The Kier molecular flexibility index (Phi) is 6.50. The van der Waals surface area contributed by atoms with Gasteiger partial charge in [-0.25, -0.2) is 0 Å². The predicted molar refractivity (Wildman–Crippen MR) is 78.9 cm³/mol. The summed E-state index contributed by atoms with van der Waals surface area (Å²) in [5, 5.41) is 7.36. The lowest BCUT2D eigenvalue weighted by Gasteiger charge is -2.26. The molecule has 2 fully saturated rings. The Labute approximate surface area is 113 Å². The molecule has 2 rings (SSSR count). The molecule has 0 spiro atoms. The van der Waals surface area contributed by atoms with Crippen LogP contribution in [-0.4, -0.2) is 25.2 Å². The lowest BCUT2D eigenvalue weighted by Crippen LogP contribution is -2.40. The van der Waals surface area contributed by atoms with Crippen LogP contribution in [0.4, 0.5) is 0 Å². The van der Waals surface area contributed by atoms with Crippen LogP contribution in [0.1, 0.15) is 71.1 Å². The highest BCUT2D eigenvalue weighted by Gasteiger charge is 2.16. The lowest BCUT2D eigenvalue weighted by atomic mass is 9.98. The maximum atomic E-state index is 3.71. The lowest BCUT2D eigenvalue weighted by molar-refractivity contribution is 0.342. The summed E-state index contributed by atoms with van der Waals surface area (Å²) in [5.41, 5.74) is 0. The summed E-state index contributed by atoms with van der Waals surface area (Å²) < 4.78 is 0. The zero-order valence-corrected chi connectivity index (χ0v) is 12.2. The van der Waals surface area contributed by atoms with E-state index in [2.05, 4.69) is 17.6 Å². The Morgan fingerprint density at radius 2 is 1.89 bits per heavy atom. The van der Waals surface area contributed by atoms with Gasteiger partial charge in [0.25, 0.3) is 0 Å². The number of rotatable bonds is 7. The third kappa shape index (κ3) is 5.27. The van der Waals surface area contributed by atoms with E-state index in [1.807, 2.05) is 0 Å². The van der Waals surface area contributed by atoms with Crippen LogP contribution in [0.5, 0.6) is 0 Å². The van der Waals surface area contributed by atoms with E-state index in [-0.39, 0.29) is 0 Å². The molecule has 0 aromatic heterocycles. The fourth-order valence-corrected chi connectivity index (χ4v) is 3.67. The van der Waals surface area contributed by atoms with Crippen LogP contribution in [-0.2, 0) is 0 Å².